The number of hydrogen-bond acceptors (Lipinski definition) is 4. The maximum Gasteiger partial charge on any atom is 0.341 e. The molecular formula is C27H27FO4S. The van der Waals surface area contributed by atoms with Crippen LogP contribution in [0.1, 0.15) is 39.8 Å². The van der Waals surface area contributed by atoms with Crippen molar-refractivity contribution in [3.05, 3.63) is 88.0 Å². The van der Waals surface area contributed by atoms with Gasteiger partial charge in [0.1, 0.15) is 24.8 Å². The van der Waals surface area contributed by atoms with Crippen LogP contribution < -0.4 is 9.47 Å². The number of halogens is 1. The number of aryl methyl sites for hydroxylation is 1. The summed E-state index contributed by atoms with van der Waals surface area (Å²) in [7, 11) is 0. The number of carboxylic acids is 1. The van der Waals surface area contributed by atoms with Crippen LogP contribution in [0, 0.1) is 6.92 Å². The summed E-state index contributed by atoms with van der Waals surface area (Å²) in [5.74, 6) is 1.43. The van der Waals surface area contributed by atoms with Crippen molar-refractivity contribution in [3.63, 3.8) is 0 Å². The smallest absolute Gasteiger partial charge is 0.341 e. The van der Waals surface area contributed by atoms with Gasteiger partial charge in [0.25, 0.3) is 0 Å². The number of thioether (sulfide) groups is 1. The van der Waals surface area contributed by atoms with Gasteiger partial charge in [0.2, 0.25) is 0 Å². The Morgan fingerprint density at radius 2 is 1.64 bits per heavy atom. The minimum Gasteiger partial charge on any atom is -0.489 e. The molecule has 3 aromatic carbocycles. The van der Waals surface area contributed by atoms with E-state index in [1.165, 1.54) is 21.6 Å². The quantitative estimate of drug-likeness (QED) is 0.356. The molecular weight excluding hydrogens is 439 g/mol. The van der Waals surface area contributed by atoms with Crippen molar-refractivity contribution < 1.29 is 23.8 Å². The summed E-state index contributed by atoms with van der Waals surface area (Å²) in [4.78, 5) is 12.2. The first-order valence-corrected chi connectivity index (χ1v) is 12.0. The van der Waals surface area contributed by atoms with Crippen LogP contribution in [0.5, 0.6) is 11.5 Å². The lowest BCUT2D eigenvalue weighted by atomic mass is 10.1. The third kappa shape index (κ3) is 5.88. The van der Waals surface area contributed by atoms with Gasteiger partial charge in [-0.25, -0.2) is 9.18 Å². The first kappa shape index (κ1) is 23.2. The highest BCUT2D eigenvalue weighted by atomic mass is 32.2. The van der Waals surface area contributed by atoms with E-state index in [1.54, 1.807) is 23.9 Å². The Kier molecular flexibility index (Phi) is 7.55. The van der Waals surface area contributed by atoms with E-state index >= 15 is 0 Å². The third-order valence-corrected chi connectivity index (χ3v) is 6.89. The van der Waals surface area contributed by atoms with Gasteiger partial charge in [0, 0.05) is 10.6 Å². The molecule has 0 saturated carbocycles. The fourth-order valence-electron chi connectivity index (χ4n) is 4.05. The van der Waals surface area contributed by atoms with Crippen molar-refractivity contribution in [2.45, 2.75) is 50.1 Å². The van der Waals surface area contributed by atoms with Gasteiger partial charge in [-0.2, -0.15) is 0 Å². The van der Waals surface area contributed by atoms with Crippen LogP contribution in [0.15, 0.2) is 59.5 Å². The second-order valence-electron chi connectivity index (χ2n) is 8.19. The summed E-state index contributed by atoms with van der Waals surface area (Å²) in [6, 6.07) is 17.6. The number of hydrogen-bond donors (Lipinski definition) is 1. The van der Waals surface area contributed by atoms with E-state index in [0.29, 0.717) is 12.2 Å². The van der Waals surface area contributed by atoms with Gasteiger partial charge in [0.15, 0.2) is 6.61 Å². The number of ether oxygens (including phenoxy) is 2. The van der Waals surface area contributed by atoms with Crippen molar-refractivity contribution in [2.75, 3.05) is 6.61 Å². The van der Waals surface area contributed by atoms with Gasteiger partial charge in [-0.15, -0.1) is 11.8 Å². The minimum absolute atomic E-state index is 0.308. The summed E-state index contributed by atoms with van der Waals surface area (Å²) in [5, 5.41) is 8.96. The topological polar surface area (TPSA) is 55.8 Å². The Hall–Kier alpha value is -2.99. The molecule has 3 aromatic rings. The summed E-state index contributed by atoms with van der Waals surface area (Å²) >= 11 is 1.80. The summed E-state index contributed by atoms with van der Waals surface area (Å²) in [6.07, 6.45) is 3.00. The standard InChI is InChI=1S/C27H27FO4S/c1-18-13-25(23-3-2-4-24(23)27(18)32-16-26(29)30)33-17-21-9-11-22(12-10-21)31-15-20-7-5-19(14-28)6-8-20/h5-13H,2-4,14-17H2,1H3,(H,29,30). The molecule has 33 heavy (non-hydrogen) atoms. The van der Waals surface area contributed by atoms with Crippen molar-refractivity contribution >= 4 is 17.7 Å². The Morgan fingerprint density at radius 1 is 0.970 bits per heavy atom. The molecule has 1 N–H and O–H groups in total. The summed E-state index contributed by atoms with van der Waals surface area (Å²) < 4.78 is 24.1. The number of carboxylic acid groups (broad SMARTS) is 1. The lowest BCUT2D eigenvalue weighted by Gasteiger charge is -2.16. The Bertz CT molecular complexity index is 1110. The van der Waals surface area contributed by atoms with E-state index < -0.39 is 12.6 Å². The molecule has 0 aliphatic heterocycles. The summed E-state index contributed by atoms with van der Waals surface area (Å²) in [5.41, 5.74) is 6.33. The van der Waals surface area contributed by atoms with Crippen molar-refractivity contribution in [2.24, 2.45) is 0 Å². The van der Waals surface area contributed by atoms with E-state index in [4.69, 9.17) is 14.6 Å². The first-order valence-electron chi connectivity index (χ1n) is 11.0. The Labute approximate surface area is 197 Å². The van der Waals surface area contributed by atoms with Crippen LogP contribution in [0.2, 0.25) is 0 Å². The molecule has 1 aliphatic carbocycles. The molecule has 4 nitrogen and oxygen atoms in total. The number of benzene rings is 3. The number of rotatable bonds is 10. The van der Waals surface area contributed by atoms with E-state index in [-0.39, 0.29) is 6.61 Å². The Morgan fingerprint density at radius 3 is 2.33 bits per heavy atom. The molecule has 0 saturated heterocycles. The normalized spacial score (nSPS) is 12.4. The number of alkyl halides is 1. The maximum absolute atomic E-state index is 12.6. The molecule has 0 aromatic heterocycles. The second kappa shape index (κ2) is 10.8. The molecule has 0 fully saturated rings. The van der Waals surface area contributed by atoms with Gasteiger partial charge in [-0.1, -0.05) is 36.4 Å². The van der Waals surface area contributed by atoms with Gasteiger partial charge in [0.05, 0.1) is 0 Å². The molecule has 172 valence electrons. The lowest BCUT2D eigenvalue weighted by Crippen LogP contribution is -2.11. The zero-order valence-corrected chi connectivity index (χ0v) is 19.4. The van der Waals surface area contributed by atoms with Gasteiger partial charge in [-0.05, 0) is 77.8 Å². The zero-order chi connectivity index (χ0) is 23.2. The van der Waals surface area contributed by atoms with Crippen LogP contribution in [0.4, 0.5) is 4.39 Å². The van der Waals surface area contributed by atoms with Gasteiger partial charge >= 0.3 is 5.97 Å². The summed E-state index contributed by atoms with van der Waals surface area (Å²) in [6.45, 7) is 1.67. The molecule has 0 spiro atoms. The zero-order valence-electron chi connectivity index (χ0n) is 18.6. The lowest BCUT2D eigenvalue weighted by molar-refractivity contribution is -0.139. The number of carbonyl (C=O) groups is 1. The van der Waals surface area contributed by atoms with E-state index in [9.17, 15) is 9.18 Å². The molecule has 0 atom stereocenters. The highest BCUT2D eigenvalue weighted by Crippen LogP contribution is 2.41. The molecule has 0 unspecified atom stereocenters. The number of fused-ring (bicyclic) bond motifs is 1. The first-order chi connectivity index (χ1) is 16.0. The molecule has 0 amide bonds. The molecule has 0 bridgehead atoms. The molecule has 0 heterocycles. The third-order valence-electron chi connectivity index (χ3n) is 5.74. The van der Waals surface area contributed by atoms with E-state index in [2.05, 4.69) is 18.2 Å². The predicted octanol–water partition coefficient (Wildman–Crippen LogP) is 6.29. The second-order valence-corrected chi connectivity index (χ2v) is 9.20. The fourth-order valence-corrected chi connectivity index (χ4v) is 5.23. The Balaban J connectivity index is 1.36. The average Bonchev–Trinajstić information content (AvgIpc) is 3.31. The van der Waals surface area contributed by atoms with Crippen molar-refractivity contribution in [3.8, 4) is 11.5 Å². The van der Waals surface area contributed by atoms with Crippen molar-refractivity contribution in [1.82, 2.24) is 0 Å². The molecule has 1 aliphatic rings. The van der Waals surface area contributed by atoms with Crippen LogP contribution in [0.25, 0.3) is 0 Å². The van der Waals surface area contributed by atoms with Crippen molar-refractivity contribution in [1.29, 1.82) is 0 Å². The average molecular weight is 467 g/mol. The van der Waals surface area contributed by atoms with Gasteiger partial charge in [-0.3, -0.25) is 0 Å². The highest BCUT2D eigenvalue weighted by molar-refractivity contribution is 7.98. The minimum atomic E-state index is -0.957. The van der Waals surface area contributed by atoms with Crippen LogP contribution in [-0.4, -0.2) is 17.7 Å². The molecule has 0 radical (unpaired) electrons. The predicted molar refractivity (Wildman–Crippen MR) is 128 cm³/mol. The monoisotopic (exact) mass is 466 g/mol. The van der Waals surface area contributed by atoms with Gasteiger partial charge < -0.3 is 14.6 Å². The van der Waals surface area contributed by atoms with E-state index in [0.717, 1.165) is 47.6 Å². The molecule has 6 heteroatoms. The maximum atomic E-state index is 12.6. The largest absolute Gasteiger partial charge is 0.489 e. The van der Waals surface area contributed by atoms with E-state index in [1.807, 2.05) is 31.2 Å². The van der Waals surface area contributed by atoms with Crippen LogP contribution in [-0.2, 0) is 36.7 Å². The molecule has 4 rings (SSSR count). The fraction of sp³-hybridized carbons (Fsp3) is 0.296. The highest BCUT2D eigenvalue weighted by Gasteiger charge is 2.22. The van der Waals surface area contributed by atoms with Crippen LogP contribution >= 0.6 is 11.8 Å². The van der Waals surface area contributed by atoms with Crippen LogP contribution in [0.3, 0.4) is 0 Å². The SMILES string of the molecule is Cc1cc(SCc2ccc(OCc3ccc(CF)cc3)cc2)c2c(c1OCC(=O)O)CCC2. The number of aliphatic carboxylic acids is 1.